The second-order valence-corrected chi connectivity index (χ2v) is 4.20. The van der Waals surface area contributed by atoms with E-state index in [1.165, 1.54) is 12.3 Å². The molecule has 0 saturated carbocycles. The van der Waals surface area contributed by atoms with Gasteiger partial charge in [0.1, 0.15) is 23.0 Å². The largest absolute Gasteiger partial charge is 0.465 e. The van der Waals surface area contributed by atoms with Gasteiger partial charge in [0.05, 0.1) is 17.8 Å². The molecule has 2 rings (SSSR count). The van der Waals surface area contributed by atoms with Crippen LogP contribution in [0.5, 0.6) is 0 Å². The summed E-state index contributed by atoms with van der Waals surface area (Å²) in [7, 11) is 1.11. The summed E-state index contributed by atoms with van der Waals surface area (Å²) in [5.74, 6) is -1.65. The monoisotopic (exact) mass is 322 g/mol. The van der Waals surface area contributed by atoms with Crippen LogP contribution < -0.4 is 5.32 Å². The van der Waals surface area contributed by atoms with Gasteiger partial charge in [-0.05, 0) is 17.3 Å². The molecule has 112 valence electrons. The standard InChI is InChI=1S/C12H8ClFN6O2/c1-22-12(21)9-7(14)2-3-8(10(9)13)16-5-6(4-15)11-17-19-20-18-11/h2-3,5,16H,1H3,(H,17,18,19,20). The Kier molecular flexibility index (Phi) is 4.65. The van der Waals surface area contributed by atoms with E-state index in [2.05, 4.69) is 30.7 Å². The van der Waals surface area contributed by atoms with Crippen molar-refractivity contribution in [2.75, 3.05) is 12.4 Å². The van der Waals surface area contributed by atoms with Crippen LogP contribution in [0.3, 0.4) is 0 Å². The lowest BCUT2D eigenvalue weighted by Gasteiger charge is -2.09. The summed E-state index contributed by atoms with van der Waals surface area (Å²) < 4.78 is 18.1. The number of carbonyl (C=O) groups excluding carboxylic acids is 1. The maximum absolute atomic E-state index is 13.6. The van der Waals surface area contributed by atoms with Crippen molar-refractivity contribution in [2.45, 2.75) is 0 Å². The summed E-state index contributed by atoms with van der Waals surface area (Å²) in [5.41, 5.74) is -0.130. The number of ether oxygens (including phenoxy) is 1. The molecule has 0 spiro atoms. The lowest BCUT2D eigenvalue weighted by molar-refractivity contribution is 0.0596. The summed E-state index contributed by atoms with van der Waals surface area (Å²) in [5, 5.41) is 24.4. The fourth-order valence-corrected chi connectivity index (χ4v) is 1.81. The number of anilines is 1. The Morgan fingerprint density at radius 1 is 1.59 bits per heavy atom. The Bertz CT molecular complexity index is 769. The van der Waals surface area contributed by atoms with Crippen LogP contribution in [0.25, 0.3) is 5.57 Å². The Labute approximate surface area is 128 Å². The number of hydrogen-bond donors (Lipinski definition) is 2. The van der Waals surface area contributed by atoms with Crippen molar-refractivity contribution >= 4 is 28.8 Å². The first kappa shape index (κ1) is 15.4. The van der Waals surface area contributed by atoms with Gasteiger partial charge >= 0.3 is 5.97 Å². The highest BCUT2D eigenvalue weighted by atomic mass is 35.5. The van der Waals surface area contributed by atoms with Crippen LogP contribution in [-0.4, -0.2) is 33.7 Å². The highest BCUT2D eigenvalue weighted by molar-refractivity contribution is 6.36. The molecule has 0 aliphatic rings. The summed E-state index contributed by atoms with van der Waals surface area (Å²) >= 11 is 5.97. The molecule has 1 heterocycles. The van der Waals surface area contributed by atoms with E-state index >= 15 is 0 Å². The fourth-order valence-electron chi connectivity index (χ4n) is 1.53. The molecular weight excluding hydrogens is 315 g/mol. The quantitative estimate of drug-likeness (QED) is 0.650. The zero-order valence-electron chi connectivity index (χ0n) is 11.1. The van der Waals surface area contributed by atoms with Crippen molar-refractivity contribution in [1.82, 2.24) is 20.6 Å². The van der Waals surface area contributed by atoms with E-state index in [0.717, 1.165) is 13.2 Å². The van der Waals surface area contributed by atoms with Gasteiger partial charge in [0, 0.05) is 6.20 Å². The third-order valence-electron chi connectivity index (χ3n) is 2.56. The first-order valence-corrected chi connectivity index (χ1v) is 6.13. The second kappa shape index (κ2) is 6.64. The number of halogens is 2. The van der Waals surface area contributed by atoms with Gasteiger partial charge in [0.15, 0.2) is 0 Å². The number of rotatable bonds is 4. The molecule has 0 fully saturated rings. The van der Waals surface area contributed by atoms with Gasteiger partial charge in [-0.15, -0.1) is 10.2 Å². The third kappa shape index (κ3) is 3.02. The minimum atomic E-state index is -0.909. The van der Waals surface area contributed by atoms with E-state index in [0.29, 0.717) is 0 Å². The zero-order valence-corrected chi connectivity index (χ0v) is 11.8. The second-order valence-electron chi connectivity index (χ2n) is 3.83. The van der Waals surface area contributed by atoms with Crippen LogP contribution in [0.2, 0.25) is 5.02 Å². The van der Waals surface area contributed by atoms with Crippen molar-refractivity contribution in [3.8, 4) is 6.07 Å². The van der Waals surface area contributed by atoms with Gasteiger partial charge in [-0.25, -0.2) is 9.18 Å². The molecule has 0 amide bonds. The van der Waals surface area contributed by atoms with Gasteiger partial charge in [-0.1, -0.05) is 11.6 Å². The van der Waals surface area contributed by atoms with Crippen LogP contribution in [0.4, 0.5) is 10.1 Å². The minimum absolute atomic E-state index is 0.0637. The Balaban J connectivity index is 2.35. The lowest BCUT2D eigenvalue weighted by atomic mass is 10.2. The SMILES string of the molecule is COC(=O)c1c(F)ccc(NC=C(C#N)c2nn[nH]n2)c1Cl. The van der Waals surface area contributed by atoms with E-state index < -0.39 is 17.3 Å². The number of carbonyl (C=O) groups is 1. The highest BCUT2D eigenvalue weighted by Gasteiger charge is 2.19. The molecule has 10 heteroatoms. The number of aromatic amines is 1. The Morgan fingerprint density at radius 2 is 2.36 bits per heavy atom. The van der Waals surface area contributed by atoms with Crippen LogP contribution in [0, 0.1) is 17.1 Å². The molecule has 1 aromatic carbocycles. The maximum atomic E-state index is 13.6. The van der Waals surface area contributed by atoms with E-state index in [1.54, 1.807) is 0 Å². The number of benzene rings is 1. The van der Waals surface area contributed by atoms with Crippen molar-refractivity contribution < 1.29 is 13.9 Å². The molecule has 8 nitrogen and oxygen atoms in total. The molecule has 2 aromatic rings. The molecule has 0 atom stereocenters. The maximum Gasteiger partial charge on any atom is 0.342 e. The van der Waals surface area contributed by atoms with Crippen molar-refractivity contribution in [2.24, 2.45) is 0 Å². The number of esters is 1. The molecule has 22 heavy (non-hydrogen) atoms. The lowest BCUT2D eigenvalue weighted by Crippen LogP contribution is -2.07. The van der Waals surface area contributed by atoms with E-state index in [1.807, 2.05) is 6.07 Å². The topological polar surface area (TPSA) is 117 Å². The number of nitrogens with zero attached hydrogens (tertiary/aromatic N) is 4. The van der Waals surface area contributed by atoms with Gasteiger partial charge in [-0.3, -0.25) is 0 Å². The molecule has 1 aromatic heterocycles. The summed E-state index contributed by atoms with van der Waals surface area (Å²) in [6.07, 6.45) is 1.25. The summed E-state index contributed by atoms with van der Waals surface area (Å²) in [4.78, 5) is 11.5. The van der Waals surface area contributed by atoms with Crippen LogP contribution >= 0.6 is 11.6 Å². The number of allylic oxidation sites excluding steroid dienone is 1. The first-order valence-electron chi connectivity index (χ1n) is 5.75. The zero-order chi connectivity index (χ0) is 16.1. The number of nitrogens with one attached hydrogen (secondary N) is 2. The normalized spacial score (nSPS) is 10.9. The first-order chi connectivity index (χ1) is 10.6. The summed E-state index contributed by atoms with van der Waals surface area (Å²) in [6.45, 7) is 0. The van der Waals surface area contributed by atoms with E-state index in [4.69, 9.17) is 16.9 Å². The number of tetrazole rings is 1. The van der Waals surface area contributed by atoms with Gasteiger partial charge in [0.2, 0.25) is 5.82 Å². The average Bonchev–Trinajstić information content (AvgIpc) is 3.04. The smallest absolute Gasteiger partial charge is 0.342 e. The van der Waals surface area contributed by atoms with Crippen LogP contribution in [0.1, 0.15) is 16.2 Å². The number of methoxy groups -OCH3 is 1. The molecule has 0 radical (unpaired) electrons. The molecule has 0 saturated heterocycles. The Hall–Kier alpha value is -2.99. The predicted molar refractivity (Wildman–Crippen MR) is 74.1 cm³/mol. The van der Waals surface area contributed by atoms with Gasteiger partial charge < -0.3 is 10.1 Å². The highest BCUT2D eigenvalue weighted by Crippen LogP contribution is 2.29. The number of nitriles is 1. The van der Waals surface area contributed by atoms with Crippen LogP contribution in [-0.2, 0) is 4.74 Å². The van der Waals surface area contributed by atoms with E-state index in [9.17, 15) is 9.18 Å². The Morgan fingerprint density at radius 3 is 2.95 bits per heavy atom. The fraction of sp³-hybridized carbons (Fsp3) is 0.0833. The molecular formula is C12H8ClFN6O2. The molecule has 0 unspecified atom stereocenters. The third-order valence-corrected chi connectivity index (χ3v) is 2.95. The van der Waals surface area contributed by atoms with Crippen molar-refractivity contribution in [1.29, 1.82) is 5.26 Å². The average molecular weight is 323 g/mol. The molecule has 0 aliphatic carbocycles. The number of hydrogen-bond acceptors (Lipinski definition) is 7. The number of aromatic nitrogens is 4. The minimum Gasteiger partial charge on any atom is -0.465 e. The molecule has 0 aliphatic heterocycles. The predicted octanol–water partition coefficient (Wildman–Crippen LogP) is 1.76. The molecule has 0 bridgehead atoms. The van der Waals surface area contributed by atoms with Gasteiger partial charge in [-0.2, -0.15) is 10.5 Å². The van der Waals surface area contributed by atoms with Crippen molar-refractivity contribution in [3.05, 3.63) is 40.6 Å². The van der Waals surface area contributed by atoms with Crippen LogP contribution in [0.15, 0.2) is 18.3 Å². The number of H-pyrrole nitrogens is 1. The van der Waals surface area contributed by atoms with Crippen molar-refractivity contribution in [3.63, 3.8) is 0 Å². The molecule has 2 N–H and O–H groups in total. The summed E-state index contributed by atoms with van der Waals surface area (Å²) in [6, 6.07) is 4.22. The van der Waals surface area contributed by atoms with E-state index in [-0.39, 0.29) is 22.1 Å². The van der Waals surface area contributed by atoms with Gasteiger partial charge in [0.25, 0.3) is 0 Å².